The normalized spacial score (nSPS) is 13.4. The SMILES string of the molecule is Cc1ccc(C(OC(=O)C(CCCCNC(=O)CCC(CC(c2ccccc2)(c2ccccc2)c2ccccc2)C(=O)OC(C)(C)C)NC(=O)OCC2c3ccccc3-c3ccccc32)(c2ccccc2)c2ccccc2Cl)cc1.P. The smallest absolute Gasteiger partial charge is 0.407 e. The van der Waals surface area contributed by atoms with Gasteiger partial charge in [-0.15, -0.1) is 0 Å². The molecular formula is C70H72ClN2O7P. The lowest BCUT2D eigenvalue weighted by Crippen LogP contribution is -2.46. The number of benzene rings is 8. The monoisotopic (exact) mass is 1120 g/mol. The number of aryl methyl sites for hydroxylation is 1. The predicted octanol–water partition coefficient (Wildman–Crippen LogP) is 14.9. The van der Waals surface area contributed by atoms with Gasteiger partial charge in [0.15, 0.2) is 5.60 Å². The largest absolute Gasteiger partial charge is 0.460 e. The molecule has 1 aliphatic carbocycles. The summed E-state index contributed by atoms with van der Waals surface area (Å²) in [5, 5.41) is 6.37. The second kappa shape index (κ2) is 27.1. The molecule has 0 spiro atoms. The van der Waals surface area contributed by atoms with E-state index in [0.29, 0.717) is 41.0 Å². The molecule has 1 aliphatic rings. The van der Waals surface area contributed by atoms with Gasteiger partial charge in [-0.1, -0.05) is 229 Å². The minimum absolute atomic E-state index is 0. The van der Waals surface area contributed by atoms with Gasteiger partial charge in [-0.25, -0.2) is 9.59 Å². The van der Waals surface area contributed by atoms with Crippen molar-refractivity contribution in [3.8, 4) is 11.1 Å². The number of carbonyl (C=O) groups excluding carboxylic acids is 4. The average Bonchev–Trinajstić information content (AvgIpc) is 3.85. The Balaban J connectivity index is 0.00000860. The highest BCUT2D eigenvalue weighted by Gasteiger charge is 2.45. The fraction of sp³-hybridized carbons (Fsp3) is 0.257. The molecule has 4 unspecified atom stereocenters. The van der Waals surface area contributed by atoms with E-state index in [1.165, 1.54) is 0 Å². The van der Waals surface area contributed by atoms with Crippen molar-refractivity contribution < 1.29 is 33.4 Å². The standard InChI is InChI=1S/C70H69ClN2O7.H3P/c1-49-40-43-55(44-41-49)70(54-31-15-8-16-32-54,61-37-21-22-38-62(61)71)80-66(76)63(73-67(77)78-48-60-58-35-19-17-33-56(58)57-34-18-20-36-59(57)60)39-23-24-46-72-64(74)45-42-50(65(75)79-68(2,3)4)47-69(51-25-9-5-10-26-51,52-27-11-6-12-28-52)53-29-13-7-14-30-53;/h5-22,25-38,40-41,43-44,50,60,63H,23-24,39,42,45-48H2,1-4H3,(H,72,74)(H,73,77);1H3. The summed E-state index contributed by atoms with van der Waals surface area (Å²) >= 11 is 7.05. The van der Waals surface area contributed by atoms with Crippen molar-refractivity contribution in [1.82, 2.24) is 10.6 Å². The first-order valence-electron chi connectivity index (χ1n) is 27.6. The van der Waals surface area contributed by atoms with Gasteiger partial charge in [0.1, 0.15) is 18.2 Å². The molecule has 8 aromatic rings. The van der Waals surface area contributed by atoms with Crippen LogP contribution in [0.1, 0.15) is 115 Å². The number of halogens is 1. The molecule has 0 bridgehead atoms. The molecule has 0 fully saturated rings. The summed E-state index contributed by atoms with van der Waals surface area (Å²) in [6.07, 6.45) is 0.919. The minimum atomic E-state index is -1.53. The van der Waals surface area contributed by atoms with Crippen molar-refractivity contribution >= 4 is 45.4 Å². The summed E-state index contributed by atoms with van der Waals surface area (Å²) in [6, 6.07) is 70.2. The zero-order valence-electron chi connectivity index (χ0n) is 46.6. The number of esters is 2. The number of carbonyl (C=O) groups is 4. The lowest BCUT2D eigenvalue weighted by Gasteiger charge is -2.39. The Kier molecular flexibility index (Phi) is 19.8. The summed E-state index contributed by atoms with van der Waals surface area (Å²) in [4.78, 5) is 57.6. The molecule has 8 aromatic carbocycles. The molecule has 11 heteroatoms. The van der Waals surface area contributed by atoms with E-state index < -0.39 is 40.6 Å². The van der Waals surface area contributed by atoms with Gasteiger partial charge in [-0.05, 0) is 105 Å². The number of ether oxygens (including phenoxy) is 3. The molecule has 0 heterocycles. The third kappa shape index (κ3) is 13.8. The summed E-state index contributed by atoms with van der Waals surface area (Å²) in [5.74, 6) is -2.15. The molecule has 0 saturated heterocycles. The zero-order valence-corrected chi connectivity index (χ0v) is 48.8. The van der Waals surface area contributed by atoms with Gasteiger partial charge in [0.05, 0.1) is 5.92 Å². The maximum absolute atomic E-state index is 15.2. The lowest BCUT2D eigenvalue weighted by molar-refractivity contribution is -0.161. The topological polar surface area (TPSA) is 120 Å². The lowest BCUT2D eigenvalue weighted by atomic mass is 9.64. The van der Waals surface area contributed by atoms with Crippen LogP contribution in [0.2, 0.25) is 5.02 Å². The molecule has 9 rings (SSSR count). The van der Waals surface area contributed by atoms with Crippen molar-refractivity contribution in [2.75, 3.05) is 13.2 Å². The van der Waals surface area contributed by atoms with E-state index in [4.69, 9.17) is 25.8 Å². The van der Waals surface area contributed by atoms with Crippen LogP contribution in [0, 0.1) is 12.8 Å². The molecule has 0 aliphatic heterocycles. The van der Waals surface area contributed by atoms with E-state index in [1.807, 2.05) is 179 Å². The average molecular weight is 1120 g/mol. The van der Waals surface area contributed by atoms with Crippen LogP contribution in [0.15, 0.2) is 218 Å². The van der Waals surface area contributed by atoms with E-state index in [9.17, 15) is 14.4 Å². The molecule has 0 saturated carbocycles. The van der Waals surface area contributed by atoms with Gasteiger partial charge in [-0.3, -0.25) is 9.59 Å². The molecule has 4 atom stereocenters. The zero-order chi connectivity index (χ0) is 56.1. The van der Waals surface area contributed by atoms with Gasteiger partial charge < -0.3 is 24.8 Å². The molecule has 81 heavy (non-hydrogen) atoms. The van der Waals surface area contributed by atoms with Crippen molar-refractivity contribution in [2.24, 2.45) is 5.92 Å². The number of alkyl carbamates (subject to hydrolysis) is 1. The summed E-state index contributed by atoms with van der Waals surface area (Å²) < 4.78 is 19.0. The summed E-state index contributed by atoms with van der Waals surface area (Å²) in [5.41, 5.74) is 7.24. The van der Waals surface area contributed by atoms with Crippen LogP contribution in [0.3, 0.4) is 0 Å². The van der Waals surface area contributed by atoms with Crippen molar-refractivity contribution in [3.05, 3.63) is 273 Å². The maximum Gasteiger partial charge on any atom is 0.407 e. The summed E-state index contributed by atoms with van der Waals surface area (Å²) in [7, 11) is 0. The van der Waals surface area contributed by atoms with Crippen LogP contribution in [0.5, 0.6) is 0 Å². The number of nitrogens with one attached hydrogen (secondary N) is 2. The number of rotatable bonds is 22. The first-order valence-corrected chi connectivity index (χ1v) is 28.0. The van der Waals surface area contributed by atoms with Crippen molar-refractivity contribution in [2.45, 2.75) is 94.8 Å². The second-order valence-corrected chi connectivity index (χ2v) is 22.1. The van der Waals surface area contributed by atoms with E-state index in [1.54, 1.807) is 6.07 Å². The molecular weight excluding hydrogens is 1050 g/mol. The second-order valence-electron chi connectivity index (χ2n) is 21.7. The van der Waals surface area contributed by atoms with Crippen LogP contribution < -0.4 is 10.6 Å². The number of fused-ring (bicyclic) bond motifs is 3. The number of amides is 2. The fourth-order valence-corrected chi connectivity index (χ4v) is 11.6. The highest BCUT2D eigenvalue weighted by Crippen LogP contribution is 2.48. The summed E-state index contributed by atoms with van der Waals surface area (Å²) in [6.45, 7) is 7.88. The Morgan fingerprint density at radius 3 is 1.56 bits per heavy atom. The van der Waals surface area contributed by atoms with Gasteiger partial charge >= 0.3 is 18.0 Å². The first kappa shape index (κ1) is 59.3. The number of hydrogen-bond acceptors (Lipinski definition) is 7. The van der Waals surface area contributed by atoms with Crippen LogP contribution in [0.25, 0.3) is 11.1 Å². The van der Waals surface area contributed by atoms with E-state index >= 15 is 4.79 Å². The van der Waals surface area contributed by atoms with Crippen LogP contribution >= 0.6 is 21.5 Å². The van der Waals surface area contributed by atoms with E-state index in [2.05, 4.69) is 71.3 Å². The highest BCUT2D eigenvalue weighted by atomic mass is 35.5. The quantitative estimate of drug-likeness (QED) is 0.0228. The minimum Gasteiger partial charge on any atom is -0.460 e. The maximum atomic E-state index is 15.2. The Hall–Kier alpha value is -7.84. The predicted molar refractivity (Wildman–Crippen MR) is 327 cm³/mol. The Bertz CT molecular complexity index is 3230. The third-order valence-corrected chi connectivity index (χ3v) is 15.4. The van der Waals surface area contributed by atoms with Crippen LogP contribution in [-0.2, 0) is 39.6 Å². The number of unbranched alkanes of at least 4 members (excludes halogenated alkanes) is 1. The van der Waals surface area contributed by atoms with Crippen LogP contribution in [-0.4, -0.2) is 48.7 Å². The Morgan fingerprint density at radius 1 is 0.543 bits per heavy atom. The fourth-order valence-electron chi connectivity index (χ4n) is 11.3. The highest BCUT2D eigenvalue weighted by molar-refractivity contribution is 6.92. The van der Waals surface area contributed by atoms with E-state index in [0.717, 1.165) is 44.5 Å². The molecule has 2 amide bonds. The van der Waals surface area contributed by atoms with E-state index in [-0.39, 0.29) is 60.1 Å². The third-order valence-electron chi connectivity index (χ3n) is 15.1. The van der Waals surface area contributed by atoms with Gasteiger partial charge in [0.25, 0.3) is 0 Å². The van der Waals surface area contributed by atoms with Crippen molar-refractivity contribution in [3.63, 3.8) is 0 Å². The van der Waals surface area contributed by atoms with Crippen molar-refractivity contribution in [1.29, 1.82) is 0 Å². The molecule has 416 valence electrons. The van der Waals surface area contributed by atoms with Gasteiger partial charge in [0.2, 0.25) is 5.91 Å². The Morgan fingerprint density at radius 2 is 1.02 bits per heavy atom. The van der Waals surface area contributed by atoms with Gasteiger partial charge in [0, 0.05) is 46.0 Å². The molecule has 0 aromatic heterocycles. The molecule has 9 nitrogen and oxygen atoms in total. The van der Waals surface area contributed by atoms with Gasteiger partial charge in [-0.2, -0.15) is 9.90 Å². The molecule has 0 radical (unpaired) electrons. The first-order chi connectivity index (χ1) is 38.8. The molecule has 2 N–H and O–H groups in total. The van der Waals surface area contributed by atoms with Crippen LogP contribution in [0.4, 0.5) is 4.79 Å². The number of hydrogen-bond donors (Lipinski definition) is 2. The Labute approximate surface area is 485 Å².